The van der Waals surface area contributed by atoms with Gasteiger partial charge in [-0.1, -0.05) is 50.7 Å². The molecule has 0 saturated carbocycles. The number of aliphatic hydroxyl groups excluding tert-OH is 4. The number of carbonyl (C=O) groups is 3. The number of aliphatic hydroxyl groups is 4. The van der Waals surface area contributed by atoms with E-state index in [4.69, 9.17) is 33.2 Å². The summed E-state index contributed by atoms with van der Waals surface area (Å²) in [6.45, 7) is 3.27. The van der Waals surface area contributed by atoms with Crippen molar-refractivity contribution in [3.05, 3.63) is 12.2 Å². The lowest BCUT2D eigenvalue weighted by Gasteiger charge is -2.44. The van der Waals surface area contributed by atoms with Crippen LogP contribution in [0.5, 0.6) is 0 Å². The van der Waals surface area contributed by atoms with Crippen LogP contribution in [-0.4, -0.2) is 126 Å². The first kappa shape index (κ1) is 42.2. The second kappa shape index (κ2) is 22.7. The molecule has 0 aromatic carbocycles. The summed E-state index contributed by atoms with van der Waals surface area (Å²) in [4.78, 5) is 35.8. The minimum Gasteiger partial charge on any atom is -0.463 e. The molecular weight excluding hydrogens is 656 g/mol. The first-order chi connectivity index (χ1) is 24.0. The maximum absolute atomic E-state index is 12.7. The van der Waals surface area contributed by atoms with Gasteiger partial charge in [-0.3, -0.25) is 14.4 Å². The molecule has 4 aliphatic heterocycles. The molecule has 1 unspecified atom stereocenters. The highest BCUT2D eigenvalue weighted by Gasteiger charge is 2.49. The van der Waals surface area contributed by atoms with Crippen LogP contribution in [0, 0.1) is 5.92 Å². The molecule has 4 heterocycles. The van der Waals surface area contributed by atoms with Gasteiger partial charge in [-0.05, 0) is 45.4 Å². The normalized spacial score (nSPS) is 37.3. The summed E-state index contributed by atoms with van der Waals surface area (Å²) in [6, 6.07) is 0. The summed E-state index contributed by atoms with van der Waals surface area (Å²) < 4.78 is 39.8. The van der Waals surface area contributed by atoms with E-state index >= 15 is 0 Å². The van der Waals surface area contributed by atoms with Crippen molar-refractivity contribution in [1.29, 1.82) is 0 Å². The minimum absolute atomic E-state index is 0.132. The van der Waals surface area contributed by atoms with Crippen molar-refractivity contribution in [3.63, 3.8) is 0 Å². The maximum Gasteiger partial charge on any atom is 0.306 e. The maximum atomic E-state index is 12.7. The topological polar surface area (TPSA) is 197 Å². The van der Waals surface area contributed by atoms with Crippen LogP contribution in [0.2, 0.25) is 0 Å². The first-order valence-corrected chi connectivity index (χ1v) is 18.4. The Bertz CT molecular complexity index is 1040. The highest BCUT2D eigenvalue weighted by Crippen LogP contribution is 2.31. The predicted molar refractivity (Wildman–Crippen MR) is 179 cm³/mol. The smallest absolute Gasteiger partial charge is 0.306 e. The molecule has 14 heteroatoms. The molecule has 0 aliphatic carbocycles. The molecule has 288 valence electrons. The number of fused-ring (bicyclic) bond motifs is 21. The molecule has 2 bridgehead atoms. The number of carbonyl (C=O) groups excluding carboxylic acids is 3. The number of rotatable bonds is 4. The van der Waals surface area contributed by atoms with Crippen LogP contribution in [0.1, 0.15) is 104 Å². The molecule has 14 nitrogen and oxygen atoms in total. The summed E-state index contributed by atoms with van der Waals surface area (Å²) >= 11 is 0. The lowest BCUT2D eigenvalue weighted by atomic mass is 9.91. The average molecular weight is 717 g/mol. The molecule has 0 aromatic rings. The standard InChI is InChI=1S/C36H60O14/c1-23-17-15-13-11-9-7-5-4-6-8-10-12-14-16-18-30(39)50-35-29(22-46-25(3)38)48-27(33(42)34(35)43)20-44-19-26-31(40)32(41)28(21-45-24(2)37)49-36(26)47-23/h4-5,23,26-29,31-36,40-43H,6-22H2,1-3H3/b5-4-/t23?,26-,27+,28-,29-,31-,32-,33+,34-,35-,36-/m1/s1. The highest BCUT2D eigenvalue weighted by molar-refractivity contribution is 5.69. The highest BCUT2D eigenvalue weighted by atomic mass is 16.7. The number of esters is 3. The Morgan fingerprint density at radius 3 is 1.98 bits per heavy atom. The summed E-state index contributed by atoms with van der Waals surface area (Å²) in [6.07, 6.45) is 4.50. The zero-order valence-corrected chi connectivity index (χ0v) is 29.9. The molecule has 4 rings (SSSR count). The first-order valence-electron chi connectivity index (χ1n) is 18.4. The van der Waals surface area contributed by atoms with Crippen LogP contribution < -0.4 is 0 Å². The summed E-state index contributed by atoms with van der Waals surface area (Å²) in [5.41, 5.74) is 0. The molecule has 4 N–H and O–H groups in total. The van der Waals surface area contributed by atoms with Gasteiger partial charge < -0.3 is 53.6 Å². The van der Waals surface area contributed by atoms with E-state index in [9.17, 15) is 34.8 Å². The van der Waals surface area contributed by atoms with Gasteiger partial charge in [0, 0.05) is 20.3 Å². The van der Waals surface area contributed by atoms with Crippen molar-refractivity contribution in [2.24, 2.45) is 5.92 Å². The Hall–Kier alpha value is -2.17. The summed E-state index contributed by atoms with van der Waals surface area (Å²) in [5.74, 6) is -2.60. The molecule has 2 fully saturated rings. The molecule has 50 heavy (non-hydrogen) atoms. The van der Waals surface area contributed by atoms with Crippen molar-refractivity contribution in [2.75, 3.05) is 26.4 Å². The van der Waals surface area contributed by atoms with Crippen LogP contribution in [-0.2, 0) is 47.5 Å². The Balaban J connectivity index is 1.73. The van der Waals surface area contributed by atoms with Gasteiger partial charge in [0.1, 0.15) is 49.8 Å². The molecule has 11 atom stereocenters. The third-order valence-corrected chi connectivity index (χ3v) is 9.39. The van der Waals surface area contributed by atoms with Crippen molar-refractivity contribution >= 4 is 17.9 Å². The monoisotopic (exact) mass is 716 g/mol. The molecule has 0 radical (unpaired) electrons. The molecule has 0 aromatic heterocycles. The van der Waals surface area contributed by atoms with Crippen LogP contribution in [0.15, 0.2) is 12.2 Å². The quantitative estimate of drug-likeness (QED) is 0.188. The van der Waals surface area contributed by atoms with Crippen LogP contribution in [0.3, 0.4) is 0 Å². The van der Waals surface area contributed by atoms with E-state index in [0.29, 0.717) is 6.42 Å². The van der Waals surface area contributed by atoms with Gasteiger partial charge in [0.15, 0.2) is 12.4 Å². The number of hydrogen-bond donors (Lipinski definition) is 4. The van der Waals surface area contributed by atoms with Crippen molar-refractivity contribution in [3.8, 4) is 0 Å². The van der Waals surface area contributed by atoms with E-state index < -0.39 is 78.9 Å². The van der Waals surface area contributed by atoms with E-state index in [1.165, 1.54) is 13.8 Å². The number of allylic oxidation sites excluding steroid dienone is 2. The van der Waals surface area contributed by atoms with E-state index in [2.05, 4.69) is 12.2 Å². The largest absolute Gasteiger partial charge is 0.463 e. The van der Waals surface area contributed by atoms with Gasteiger partial charge >= 0.3 is 17.9 Å². The van der Waals surface area contributed by atoms with E-state index in [1.807, 2.05) is 6.92 Å². The van der Waals surface area contributed by atoms with Gasteiger partial charge in [-0.25, -0.2) is 0 Å². The van der Waals surface area contributed by atoms with E-state index in [-0.39, 0.29) is 39.0 Å². The third-order valence-electron chi connectivity index (χ3n) is 9.39. The second-order valence-corrected chi connectivity index (χ2v) is 13.7. The van der Waals surface area contributed by atoms with Crippen molar-refractivity contribution in [2.45, 2.75) is 165 Å². The Kier molecular flexibility index (Phi) is 19.2. The van der Waals surface area contributed by atoms with Crippen LogP contribution >= 0.6 is 0 Å². The SMILES string of the molecule is CC(=O)OC[C@H]1O[C@H]2OC(C)CCCCCC/C=C\CCCCCCCC(=O)O[C@H]3[C@H](O)[C@@H](O)[C@H](COC[C@@H]2[C@@H](O)[C@@H]1O)O[C@@H]3COC(C)=O. The Morgan fingerprint density at radius 2 is 1.32 bits per heavy atom. The van der Waals surface area contributed by atoms with Gasteiger partial charge in [0.2, 0.25) is 0 Å². The predicted octanol–water partition coefficient (Wildman–Crippen LogP) is 2.64. The van der Waals surface area contributed by atoms with Crippen LogP contribution in [0.25, 0.3) is 0 Å². The van der Waals surface area contributed by atoms with Crippen LogP contribution in [0.4, 0.5) is 0 Å². The van der Waals surface area contributed by atoms with Crippen molar-refractivity contribution < 1.29 is 68.0 Å². The average Bonchev–Trinajstić information content (AvgIpc) is 3.07. The van der Waals surface area contributed by atoms with Gasteiger partial charge in [0.05, 0.1) is 31.3 Å². The molecule has 0 spiro atoms. The summed E-state index contributed by atoms with van der Waals surface area (Å²) in [7, 11) is 0. The molecule has 0 amide bonds. The van der Waals surface area contributed by atoms with Gasteiger partial charge in [0.25, 0.3) is 0 Å². The lowest BCUT2D eigenvalue weighted by molar-refractivity contribution is -0.304. The Labute approximate surface area is 295 Å². The fraction of sp³-hybridized carbons (Fsp3) is 0.861. The van der Waals surface area contributed by atoms with Gasteiger partial charge in [-0.2, -0.15) is 0 Å². The third kappa shape index (κ3) is 14.5. The molecule has 2 saturated heterocycles. The van der Waals surface area contributed by atoms with E-state index in [0.717, 1.165) is 70.6 Å². The number of hydrogen-bond acceptors (Lipinski definition) is 14. The zero-order valence-electron chi connectivity index (χ0n) is 29.9. The lowest BCUT2D eigenvalue weighted by Crippen LogP contribution is -2.61. The molecule has 4 aliphatic rings. The molecular formula is C36H60O14. The Morgan fingerprint density at radius 1 is 0.720 bits per heavy atom. The summed E-state index contributed by atoms with van der Waals surface area (Å²) in [5, 5.41) is 43.9. The fourth-order valence-electron chi connectivity index (χ4n) is 6.44. The zero-order chi connectivity index (χ0) is 36.5. The minimum atomic E-state index is -1.56. The van der Waals surface area contributed by atoms with Gasteiger partial charge in [-0.15, -0.1) is 0 Å². The second-order valence-electron chi connectivity index (χ2n) is 13.7. The van der Waals surface area contributed by atoms with E-state index in [1.54, 1.807) is 0 Å². The van der Waals surface area contributed by atoms with Crippen molar-refractivity contribution in [1.82, 2.24) is 0 Å². The fourth-order valence-corrected chi connectivity index (χ4v) is 6.44. The number of ether oxygens (including phenoxy) is 7.